The summed E-state index contributed by atoms with van der Waals surface area (Å²) >= 11 is 0. The van der Waals surface area contributed by atoms with Crippen molar-refractivity contribution in [1.82, 2.24) is 9.55 Å². The number of ether oxygens (including phenoxy) is 1. The van der Waals surface area contributed by atoms with Gasteiger partial charge in [-0.05, 0) is 32.9 Å². The Balaban J connectivity index is 2.27. The Morgan fingerprint density at radius 1 is 1.25 bits per heavy atom. The summed E-state index contributed by atoms with van der Waals surface area (Å²) in [6.45, 7) is 6.12. The molecule has 84 valence electrons. The summed E-state index contributed by atoms with van der Waals surface area (Å²) in [4.78, 5) is 4.02. The molecule has 16 heavy (non-hydrogen) atoms. The fourth-order valence-electron chi connectivity index (χ4n) is 1.47. The zero-order chi connectivity index (χ0) is 11.6. The van der Waals surface area contributed by atoms with Crippen molar-refractivity contribution >= 4 is 0 Å². The Morgan fingerprint density at radius 2 is 2.06 bits per heavy atom. The maximum Gasteiger partial charge on any atom is 0.122 e. The third kappa shape index (κ3) is 2.63. The first-order valence-corrected chi connectivity index (χ1v) is 5.32. The highest BCUT2D eigenvalue weighted by atomic mass is 16.5. The predicted octanol–water partition coefficient (Wildman–Crippen LogP) is 3.05. The van der Waals surface area contributed by atoms with Gasteiger partial charge < -0.3 is 9.30 Å². The number of hydrogen-bond acceptors (Lipinski definition) is 2. The van der Waals surface area contributed by atoms with Crippen molar-refractivity contribution < 1.29 is 4.74 Å². The Labute approximate surface area is 95.7 Å². The summed E-state index contributed by atoms with van der Waals surface area (Å²) in [7, 11) is 0. The van der Waals surface area contributed by atoms with Crippen LogP contribution in [0.2, 0.25) is 0 Å². The van der Waals surface area contributed by atoms with Gasteiger partial charge in [-0.25, -0.2) is 4.98 Å². The Kier molecular flexibility index (Phi) is 2.69. The second kappa shape index (κ2) is 4.00. The van der Waals surface area contributed by atoms with E-state index in [1.165, 1.54) is 0 Å². The van der Waals surface area contributed by atoms with Crippen LogP contribution in [0.15, 0.2) is 43.0 Å². The van der Waals surface area contributed by atoms with Gasteiger partial charge in [-0.15, -0.1) is 0 Å². The van der Waals surface area contributed by atoms with Crippen molar-refractivity contribution in [2.24, 2.45) is 0 Å². The van der Waals surface area contributed by atoms with E-state index >= 15 is 0 Å². The molecular weight excluding hydrogens is 200 g/mol. The fourth-order valence-corrected chi connectivity index (χ4v) is 1.47. The average Bonchev–Trinajstić information content (AvgIpc) is 2.68. The van der Waals surface area contributed by atoms with Crippen molar-refractivity contribution in [3.63, 3.8) is 0 Å². The van der Waals surface area contributed by atoms with E-state index in [1.54, 1.807) is 12.5 Å². The second-order valence-electron chi connectivity index (χ2n) is 4.68. The highest BCUT2D eigenvalue weighted by Gasteiger charge is 2.11. The van der Waals surface area contributed by atoms with Crippen LogP contribution in [0.1, 0.15) is 20.8 Å². The molecule has 0 saturated heterocycles. The van der Waals surface area contributed by atoms with Gasteiger partial charge in [0.25, 0.3) is 0 Å². The molecule has 1 aromatic heterocycles. The molecule has 3 nitrogen and oxygen atoms in total. The van der Waals surface area contributed by atoms with Crippen LogP contribution in [0.25, 0.3) is 5.69 Å². The van der Waals surface area contributed by atoms with Crippen LogP contribution in [0.3, 0.4) is 0 Å². The first-order chi connectivity index (χ1) is 7.54. The average molecular weight is 216 g/mol. The third-order valence-electron chi connectivity index (χ3n) is 2.04. The normalized spacial score (nSPS) is 11.4. The number of nitrogens with zero attached hydrogens (tertiary/aromatic N) is 2. The minimum absolute atomic E-state index is 0.173. The number of rotatable bonds is 2. The first kappa shape index (κ1) is 10.7. The lowest BCUT2D eigenvalue weighted by Crippen LogP contribution is -2.22. The van der Waals surface area contributed by atoms with Crippen LogP contribution < -0.4 is 4.74 Å². The number of aromatic nitrogens is 2. The minimum Gasteiger partial charge on any atom is -0.488 e. The first-order valence-electron chi connectivity index (χ1n) is 5.32. The van der Waals surface area contributed by atoms with E-state index in [0.29, 0.717) is 0 Å². The van der Waals surface area contributed by atoms with Gasteiger partial charge in [-0.1, -0.05) is 6.07 Å². The van der Waals surface area contributed by atoms with Crippen molar-refractivity contribution in [3.8, 4) is 11.4 Å². The number of hydrogen-bond donors (Lipinski definition) is 0. The van der Waals surface area contributed by atoms with Gasteiger partial charge >= 0.3 is 0 Å². The lowest BCUT2D eigenvalue weighted by molar-refractivity contribution is 0.131. The van der Waals surface area contributed by atoms with Crippen molar-refractivity contribution in [2.75, 3.05) is 0 Å². The van der Waals surface area contributed by atoms with E-state index in [4.69, 9.17) is 4.74 Å². The maximum absolute atomic E-state index is 5.81. The van der Waals surface area contributed by atoms with Crippen LogP contribution in [0.5, 0.6) is 5.75 Å². The predicted molar refractivity (Wildman–Crippen MR) is 63.9 cm³/mol. The molecule has 0 radical (unpaired) electrons. The molecule has 0 amide bonds. The minimum atomic E-state index is -0.173. The van der Waals surface area contributed by atoms with E-state index in [0.717, 1.165) is 11.4 Å². The van der Waals surface area contributed by atoms with Gasteiger partial charge in [-0.3, -0.25) is 0 Å². The van der Waals surface area contributed by atoms with Gasteiger partial charge in [0.2, 0.25) is 0 Å². The fraction of sp³-hybridized carbons (Fsp3) is 0.308. The maximum atomic E-state index is 5.81. The van der Waals surface area contributed by atoms with E-state index in [2.05, 4.69) is 4.98 Å². The molecular formula is C13H16N2O. The molecule has 0 aliphatic heterocycles. The monoisotopic (exact) mass is 216 g/mol. The molecule has 3 heteroatoms. The summed E-state index contributed by atoms with van der Waals surface area (Å²) in [6.07, 6.45) is 5.45. The molecule has 0 aliphatic carbocycles. The molecule has 0 atom stereocenters. The summed E-state index contributed by atoms with van der Waals surface area (Å²) in [5, 5.41) is 0. The Bertz CT molecular complexity index is 455. The molecule has 0 bridgehead atoms. The van der Waals surface area contributed by atoms with Crippen LogP contribution in [0, 0.1) is 0 Å². The van der Waals surface area contributed by atoms with E-state index in [9.17, 15) is 0 Å². The highest BCUT2D eigenvalue weighted by molar-refractivity contribution is 5.39. The molecule has 0 fully saturated rings. The summed E-state index contributed by atoms with van der Waals surface area (Å²) in [5.41, 5.74) is 0.882. The number of imidazole rings is 1. The van der Waals surface area contributed by atoms with Crippen LogP contribution >= 0.6 is 0 Å². The third-order valence-corrected chi connectivity index (χ3v) is 2.04. The smallest absolute Gasteiger partial charge is 0.122 e. The number of benzene rings is 1. The molecule has 2 aromatic rings. The molecule has 2 rings (SSSR count). The van der Waals surface area contributed by atoms with E-state index < -0.39 is 0 Å². The highest BCUT2D eigenvalue weighted by Crippen LogP contribution is 2.21. The molecule has 0 aliphatic rings. The Hall–Kier alpha value is -1.77. The molecule has 1 heterocycles. The molecule has 1 aromatic carbocycles. The molecule has 0 N–H and O–H groups in total. The zero-order valence-electron chi connectivity index (χ0n) is 9.84. The van der Waals surface area contributed by atoms with Gasteiger partial charge in [-0.2, -0.15) is 0 Å². The van der Waals surface area contributed by atoms with E-state index in [1.807, 2.05) is 55.8 Å². The summed E-state index contributed by atoms with van der Waals surface area (Å²) in [6, 6.07) is 7.98. The summed E-state index contributed by atoms with van der Waals surface area (Å²) < 4.78 is 7.76. The van der Waals surface area contributed by atoms with Gasteiger partial charge in [0.1, 0.15) is 11.4 Å². The quantitative estimate of drug-likeness (QED) is 0.771. The molecule has 0 unspecified atom stereocenters. The van der Waals surface area contributed by atoms with E-state index in [-0.39, 0.29) is 5.60 Å². The zero-order valence-corrected chi connectivity index (χ0v) is 9.84. The molecule has 0 saturated carbocycles. The second-order valence-corrected chi connectivity index (χ2v) is 4.68. The van der Waals surface area contributed by atoms with Crippen molar-refractivity contribution in [1.29, 1.82) is 0 Å². The van der Waals surface area contributed by atoms with Gasteiger partial charge in [0, 0.05) is 18.5 Å². The lowest BCUT2D eigenvalue weighted by atomic mass is 10.2. The van der Waals surface area contributed by atoms with Gasteiger partial charge in [0.05, 0.1) is 12.0 Å². The lowest BCUT2D eigenvalue weighted by Gasteiger charge is -2.21. The SMILES string of the molecule is CC(C)(C)Oc1cccc(-n2ccnc2)c1. The van der Waals surface area contributed by atoms with Crippen LogP contribution in [-0.4, -0.2) is 15.2 Å². The van der Waals surface area contributed by atoms with Gasteiger partial charge in [0.15, 0.2) is 0 Å². The topological polar surface area (TPSA) is 27.1 Å². The van der Waals surface area contributed by atoms with Crippen LogP contribution in [0.4, 0.5) is 0 Å². The largest absolute Gasteiger partial charge is 0.488 e. The van der Waals surface area contributed by atoms with Crippen molar-refractivity contribution in [3.05, 3.63) is 43.0 Å². The van der Waals surface area contributed by atoms with Crippen molar-refractivity contribution in [2.45, 2.75) is 26.4 Å². The standard InChI is InChI=1S/C13H16N2O/c1-13(2,3)16-12-6-4-5-11(9-12)15-8-7-14-10-15/h4-10H,1-3H3. The Morgan fingerprint density at radius 3 is 2.69 bits per heavy atom. The molecule has 0 spiro atoms. The summed E-state index contributed by atoms with van der Waals surface area (Å²) in [5.74, 6) is 0.874. The van der Waals surface area contributed by atoms with Crippen LogP contribution in [-0.2, 0) is 0 Å².